The first-order valence-electron chi connectivity index (χ1n) is 7.93. The minimum Gasteiger partial charge on any atom is -0.475 e. The minimum absolute atomic E-state index is 0.0432. The highest BCUT2D eigenvalue weighted by molar-refractivity contribution is 5.94. The Labute approximate surface area is 138 Å². The number of rotatable bonds is 5. The molecule has 0 bridgehead atoms. The lowest BCUT2D eigenvalue weighted by Gasteiger charge is -2.04. The second-order valence-electron chi connectivity index (χ2n) is 5.83. The Balaban J connectivity index is 2.15. The van der Waals surface area contributed by atoms with E-state index in [2.05, 4.69) is 4.98 Å². The van der Waals surface area contributed by atoms with Gasteiger partial charge in [0.2, 0.25) is 5.76 Å². The molecule has 24 heavy (non-hydrogen) atoms. The number of unbranched alkanes of at least 4 members (excludes halogenated alkanes) is 1. The smallest absolute Gasteiger partial charge is 0.372 e. The zero-order valence-electron chi connectivity index (χ0n) is 13.6. The van der Waals surface area contributed by atoms with E-state index in [1.807, 2.05) is 6.92 Å². The van der Waals surface area contributed by atoms with Crippen LogP contribution in [-0.4, -0.2) is 16.1 Å². The lowest BCUT2D eigenvalue weighted by Crippen LogP contribution is -1.99. The van der Waals surface area contributed by atoms with Crippen molar-refractivity contribution in [3.8, 4) is 11.3 Å². The van der Waals surface area contributed by atoms with Crippen LogP contribution in [0.25, 0.3) is 22.4 Å². The fraction of sp³-hybridized carbons (Fsp3) is 0.263. The number of aromatic nitrogens is 1. The van der Waals surface area contributed by atoms with Gasteiger partial charge in [-0.3, -0.25) is 0 Å². The number of hydrogen-bond donors (Lipinski definition) is 1. The quantitative estimate of drug-likeness (QED) is 0.717. The second-order valence-corrected chi connectivity index (χ2v) is 5.83. The lowest BCUT2D eigenvalue weighted by molar-refractivity contribution is 0.0663. The van der Waals surface area contributed by atoms with Crippen LogP contribution in [0.15, 0.2) is 34.7 Å². The molecule has 0 saturated carbocycles. The average Bonchev–Trinajstić information content (AvgIpc) is 2.93. The Hall–Kier alpha value is -2.69. The highest BCUT2D eigenvalue weighted by Gasteiger charge is 2.21. The first-order valence-corrected chi connectivity index (χ1v) is 7.93. The molecule has 0 radical (unpaired) electrons. The maximum atomic E-state index is 13.5. The van der Waals surface area contributed by atoms with Gasteiger partial charge in [0.25, 0.3) is 0 Å². The first kappa shape index (κ1) is 16.2. The maximum absolute atomic E-state index is 13.5. The van der Waals surface area contributed by atoms with Crippen LogP contribution in [0.5, 0.6) is 0 Å². The molecule has 0 unspecified atom stereocenters. The minimum atomic E-state index is -1.08. The summed E-state index contributed by atoms with van der Waals surface area (Å²) in [6.45, 7) is 3.74. The van der Waals surface area contributed by atoms with Crippen LogP contribution in [0.2, 0.25) is 0 Å². The highest BCUT2D eigenvalue weighted by atomic mass is 19.1. The van der Waals surface area contributed by atoms with Gasteiger partial charge >= 0.3 is 5.97 Å². The molecular formula is C19H18FNO3. The second kappa shape index (κ2) is 6.43. The molecule has 0 atom stereocenters. The van der Waals surface area contributed by atoms with Crippen molar-refractivity contribution >= 4 is 17.1 Å². The van der Waals surface area contributed by atoms with E-state index < -0.39 is 5.97 Å². The predicted molar refractivity (Wildman–Crippen MR) is 89.7 cm³/mol. The summed E-state index contributed by atoms with van der Waals surface area (Å²) >= 11 is 0. The van der Waals surface area contributed by atoms with Crippen LogP contribution in [0.1, 0.15) is 41.4 Å². The fourth-order valence-electron chi connectivity index (χ4n) is 2.75. The van der Waals surface area contributed by atoms with Crippen molar-refractivity contribution in [1.82, 2.24) is 4.98 Å². The first-order chi connectivity index (χ1) is 11.5. The van der Waals surface area contributed by atoms with Gasteiger partial charge in [-0.1, -0.05) is 13.3 Å². The number of benzene rings is 1. The average molecular weight is 327 g/mol. The lowest BCUT2D eigenvalue weighted by atomic mass is 10.1. The van der Waals surface area contributed by atoms with Crippen molar-refractivity contribution in [2.24, 2.45) is 0 Å². The number of nitrogens with zero attached hydrogens (tertiary/aromatic N) is 1. The summed E-state index contributed by atoms with van der Waals surface area (Å²) in [5.41, 5.74) is 3.65. The maximum Gasteiger partial charge on any atom is 0.372 e. The Morgan fingerprint density at radius 1 is 1.29 bits per heavy atom. The number of halogens is 1. The largest absolute Gasteiger partial charge is 0.475 e. The molecule has 1 N–H and O–H groups in total. The van der Waals surface area contributed by atoms with Crippen molar-refractivity contribution < 1.29 is 18.7 Å². The van der Waals surface area contributed by atoms with Gasteiger partial charge in [-0.05, 0) is 55.7 Å². The van der Waals surface area contributed by atoms with Crippen molar-refractivity contribution in [1.29, 1.82) is 0 Å². The normalized spacial score (nSPS) is 11.1. The molecule has 4 nitrogen and oxygen atoms in total. The number of furan rings is 1. The number of pyridine rings is 1. The van der Waals surface area contributed by atoms with Crippen molar-refractivity contribution in [3.63, 3.8) is 0 Å². The number of aromatic carboxylic acids is 1. The van der Waals surface area contributed by atoms with E-state index >= 15 is 0 Å². The molecule has 0 aliphatic carbocycles. The van der Waals surface area contributed by atoms with Gasteiger partial charge in [-0.15, -0.1) is 0 Å². The zero-order chi connectivity index (χ0) is 17.3. The molecule has 1 aromatic carbocycles. The Kier molecular flexibility index (Phi) is 4.34. The van der Waals surface area contributed by atoms with E-state index in [1.165, 1.54) is 6.07 Å². The highest BCUT2D eigenvalue weighted by Crippen LogP contribution is 2.29. The number of fused-ring (bicyclic) bond motifs is 1. The Morgan fingerprint density at radius 2 is 2.08 bits per heavy atom. The standard InChI is InChI=1S/C19H18FNO3/c1-3-4-5-13-17-16(24-18(13)19(22)23)9-8-15(21-17)12-6-7-14(20)11(2)10-12/h6-10H,3-5H2,1-2H3,(H,22,23). The molecule has 3 rings (SSSR count). The number of carboxylic acid groups (broad SMARTS) is 1. The monoisotopic (exact) mass is 327 g/mol. The van der Waals surface area contributed by atoms with E-state index in [4.69, 9.17) is 4.42 Å². The van der Waals surface area contributed by atoms with Gasteiger partial charge in [0, 0.05) is 11.1 Å². The van der Waals surface area contributed by atoms with Crippen molar-refractivity contribution in [2.75, 3.05) is 0 Å². The van der Waals surface area contributed by atoms with Crippen LogP contribution in [-0.2, 0) is 6.42 Å². The molecule has 2 aromatic heterocycles. The molecule has 124 valence electrons. The number of carboxylic acids is 1. The van der Waals surface area contributed by atoms with E-state index in [0.29, 0.717) is 34.3 Å². The third kappa shape index (κ3) is 2.89. The van der Waals surface area contributed by atoms with E-state index in [1.54, 1.807) is 31.2 Å². The fourth-order valence-corrected chi connectivity index (χ4v) is 2.75. The van der Waals surface area contributed by atoms with E-state index in [0.717, 1.165) is 18.4 Å². The predicted octanol–water partition coefficient (Wildman–Crippen LogP) is 4.98. The summed E-state index contributed by atoms with van der Waals surface area (Å²) in [6, 6.07) is 8.28. The van der Waals surface area contributed by atoms with Gasteiger partial charge in [0.1, 0.15) is 11.3 Å². The number of aryl methyl sites for hydroxylation is 2. The summed E-state index contributed by atoms with van der Waals surface area (Å²) < 4.78 is 18.9. The third-order valence-electron chi connectivity index (χ3n) is 4.06. The zero-order valence-corrected chi connectivity index (χ0v) is 13.6. The summed E-state index contributed by atoms with van der Waals surface area (Å²) in [7, 11) is 0. The number of carbonyl (C=O) groups is 1. The van der Waals surface area contributed by atoms with Crippen LogP contribution in [0.4, 0.5) is 4.39 Å². The summed E-state index contributed by atoms with van der Waals surface area (Å²) in [5.74, 6) is -1.39. The van der Waals surface area contributed by atoms with Crippen LogP contribution >= 0.6 is 0 Å². The van der Waals surface area contributed by atoms with Crippen LogP contribution in [0.3, 0.4) is 0 Å². The molecular weight excluding hydrogens is 309 g/mol. The number of hydrogen-bond acceptors (Lipinski definition) is 3. The van der Waals surface area contributed by atoms with Gasteiger partial charge in [0.15, 0.2) is 5.58 Å². The topological polar surface area (TPSA) is 63.3 Å². The van der Waals surface area contributed by atoms with Crippen molar-refractivity contribution in [2.45, 2.75) is 33.1 Å². The van der Waals surface area contributed by atoms with E-state index in [9.17, 15) is 14.3 Å². The summed E-state index contributed by atoms with van der Waals surface area (Å²) in [5, 5.41) is 9.36. The molecule has 2 heterocycles. The molecule has 0 saturated heterocycles. The molecule has 3 aromatic rings. The summed E-state index contributed by atoms with van der Waals surface area (Å²) in [6.07, 6.45) is 2.41. The van der Waals surface area contributed by atoms with Crippen molar-refractivity contribution in [3.05, 3.63) is 53.0 Å². The van der Waals surface area contributed by atoms with Crippen LogP contribution in [0, 0.1) is 12.7 Å². The molecule has 0 amide bonds. The van der Waals surface area contributed by atoms with Crippen LogP contribution < -0.4 is 0 Å². The van der Waals surface area contributed by atoms with Gasteiger partial charge < -0.3 is 9.52 Å². The van der Waals surface area contributed by atoms with Gasteiger partial charge in [-0.2, -0.15) is 0 Å². The van der Waals surface area contributed by atoms with E-state index in [-0.39, 0.29) is 11.6 Å². The summed E-state index contributed by atoms with van der Waals surface area (Å²) in [4.78, 5) is 16.0. The van der Waals surface area contributed by atoms with Gasteiger partial charge in [-0.25, -0.2) is 14.2 Å². The Bertz CT molecular complexity index is 914. The molecule has 0 aliphatic rings. The Morgan fingerprint density at radius 3 is 2.75 bits per heavy atom. The third-order valence-corrected chi connectivity index (χ3v) is 4.06. The molecule has 5 heteroatoms. The van der Waals surface area contributed by atoms with Gasteiger partial charge in [0.05, 0.1) is 5.69 Å². The SMILES string of the molecule is CCCCc1c(C(=O)O)oc2ccc(-c3ccc(F)c(C)c3)nc12. The molecule has 0 aliphatic heterocycles. The molecule has 0 spiro atoms. The molecule has 0 fully saturated rings.